The van der Waals surface area contributed by atoms with Gasteiger partial charge in [0.15, 0.2) is 0 Å². The Morgan fingerprint density at radius 1 is 0.857 bits per heavy atom. The largest absolute Gasteiger partial charge is 0.496 e. The molecule has 3 aromatic rings. The number of nitrogen functional groups attached to an aromatic ring is 1. The number of fused-ring (bicyclic) bond motifs is 1. The van der Waals surface area contributed by atoms with Crippen LogP contribution in [0.5, 0.6) is 5.75 Å². The first-order valence-corrected chi connectivity index (χ1v) is 7.17. The molecule has 0 radical (unpaired) electrons. The number of rotatable bonds is 4. The summed E-state index contributed by atoms with van der Waals surface area (Å²) >= 11 is 0. The summed E-state index contributed by atoms with van der Waals surface area (Å²) in [6.07, 6.45) is 1.89. The maximum absolute atomic E-state index is 6.35. The third-order valence-corrected chi connectivity index (χ3v) is 3.88. The third kappa shape index (κ3) is 2.70. The van der Waals surface area contributed by atoms with E-state index in [9.17, 15) is 0 Å². The Labute approximate surface area is 125 Å². The normalized spacial score (nSPS) is 10.7. The SMILES string of the molecule is COc1cc(CCc2ccccc2)c(N)c2ccccc12. The van der Waals surface area contributed by atoms with Gasteiger partial charge in [0.05, 0.1) is 7.11 Å². The minimum Gasteiger partial charge on any atom is -0.496 e. The Morgan fingerprint density at radius 2 is 1.52 bits per heavy atom. The number of nitrogens with two attached hydrogens (primary N) is 1. The molecule has 0 amide bonds. The third-order valence-electron chi connectivity index (χ3n) is 3.88. The van der Waals surface area contributed by atoms with Crippen molar-refractivity contribution in [2.75, 3.05) is 12.8 Å². The van der Waals surface area contributed by atoms with Crippen LogP contribution in [0.4, 0.5) is 5.69 Å². The van der Waals surface area contributed by atoms with Gasteiger partial charge in [-0.3, -0.25) is 0 Å². The molecule has 2 heteroatoms. The highest BCUT2D eigenvalue weighted by atomic mass is 16.5. The van der Waals surface area contributed by atoms with E-state index < -0.39 is 0 Å². The zero-order chi connectivity index (χ0) is 14.7. The summed E-state index contributed by atoms with van der Waals surface area (Å²) < 4.78 is 5.52. The predicted molar refractivity (Wildman–Crippen MR) is 88.8 cm³/mol. The Morgan fingerprint density at radius 3 is 2.24 bits per heavy atom. The van der Waals surface area contributed by atoms with Crippen LogP contribution in [0, 0.1) is 0 Å². The van der Waals surface area contributed by atoms with Crippen LogP contribution in [0.25, 0.3) is 10.8 Å². The fourth-order valence-electron chi connectivity index (χ4n) is 2.72. The molecule has 0 aliphatic heterocycles. The maximum Gasteiger partial charge on any atom is 0.127 e. The van der Waals surface area contributed by atoms with E-state index in [0.29, 0.717) is 0 Å². The second-order valence-electron chi connectivity index (χ2n) is 5.18. The number of methoxy groups -OCH3 is 1. The topological polar surface area (TPSA) is 35.2 Å². The van der Waals surface area contributed by atoms with Gasteiger partial charge in [0, 0.05) is 16.5 Å². The number of aryl methyl sites for hydroxylation is 2. The number of hydrogen-bond acceptors (Lipinski definition) is 2. The first-order valence-electron chi connectivity index (χ1n) is 7.17. The van der Waals surface area contributed by atoms with Crippen molar-refractivity contribution in [1.29, 1.82) is 0 Å². The van der Waals surface area contributed by atoms with Gasteiger partial charge in [0.25, 0.3) is 0 Å². The monoisotopic (exact) mass is 277 g/mol. The summed E-state index contributed by atoms with van der Waals surface area (Å²) in [5.74, 6) is 0.892. The predicted octanol–water partition coefficient (Wildman–Crippen LogP) is 4.22. The maximum atomic E-state index is 6.35. The second-order valence-corrected chi connectivity index (χ2v) is 5.18. The van der Waals surface area contributed by atoms with E-state index in [0.717, 1.165) is 40.6 Å². The molecule has 0 saturated carbocycles. The van der Waals surface area contributed by atoms with Crippen LogP contribution in [0.3, 0.4) is 0 Å². The molecule has 0 saturated heterocycles. The molecule has 106 valence electrons. The standard InChI is InChI=1S/C19H19NO/c1-21-18-13-15(12-11-14-7-3-2-4-8-14)19(20)17-10-6-5-9-16(17)18/h2-10,13H,11-12,20H2,1H3. The van der Waals surface area contributed by atoms with E-state index in [2.05, 4.69) is 36.4 Å². The van der Waals surface area contributed by atoms with Crippen LogP contribution in [0.1, 0.15) is 11.1 Å². The van der Waals surface area contributed by atoms with Gasteiger partial charge in [0.2, 0.25) is 0 Å². The van der Waals surface area contributed by atoms with Crippen LogP contribution >= 0.6 is 0 Å². The van der Waals surface area contributed by atoms with Crippen molar-refractivity contribution in [3.63, 3.8) is 0 Å². The lowest BCUT2D eigenvalue weighted by Gasteiger charge is -2.13. The molecule has 0 fully saturated rings. The lowest BCUT2D eigenvalue weighted by molar-refractivity contribution is 0.419. The highest BCUT2D eigenvalue weighted by Crippen LogP contribution is 2.33. The van der Waals surface area contributed by atoms with Gasteiger partial charge >= 0.3 is 0 Å². The summed E-state index contributed by atoms with van der Waals surface area (Å²) in [4.78, 5) is 0. The number of benzene rings is 3. The molecule has 21 heavy (non-hydrogen) atoms. The summed E-state index contributed by atoms with van der Waals surface area (Å²) in [7, 11) is 1.71. The van der Waals surface area contributed by atoms with Crippen LogP contribution in [0.15, 0.2) is 60.7 Å². The molecule has 2 nitrogen and oxygen atoms in total. The van der Waals surface area contributed by atoms with Gasteiger partial charge in [-0.2, -0.15) is 0 Å². The van der Waals surface area contributed by atoms with Gasteiger partial charge in [0.1, 0.15) is 5.75 Å². The second kappa shape index (κ2) is 5.88. The highest BCUT2D eigenvalue weighted by Gasteiger charge is 2.10. The zero-order valence-electron chi connectivity index (χ0n) is 12.2. The molecule has 0 spiro atoms. The molecular weight excluding hydrogens is 258 g/mol. The summed E-state index contributed by atoms with van der Waals surface area (Å²) in [5.41, 5.74) is 9.69. The lowest BCUT2D eigenvalue weighted by Crippen LogP contribution is -2.00. The van der Waals surface area contributed by atoms with Crippen molar-refractivity contribution in [2.45, 2.75) is 12.8 Å². The quantitative estimate of drug-likeness (QED) is 0.725. The van der Waals surface area contributed by atoms with Crippen molar-refractivity contribution in [3.8, 4) is 5.75 Å². The Bertz CT molecular complexity index is 750. The van der Waals surface area contributed by atoms with E-state index in [1.54, 1.807) is 7.11 Å². The van der Waals surface area contributed by atoms with Crippen molar-refractivity contribution in [1.82, 2.24) is 0 Å². The highest BCUT2D eigenvalue weighted by molar-refractivity contribution is 5.98. The molecule has 0 heterocycles. The average molecular weight is 277 g/mol. The fraction of sp³-hybridized carbons (Fsp3) is 0.158. The minimum atomic E-state index is 0.863. The van der Waals surface area contributed by atoms with Gasteiger partial charge in [-0.05, 0) is 30.0 Å². The Balaban J connectivity index is 1.97. The smallest absolute Gasteiger partial charge is 0.127 e. The van der Waals surface area contributed by atoms with Crippen LogP contribution in [-0.4, -0.2) is 7.11 Å². The molecule has 0 aromatic heterocycles. The van der Waals surface area contributed by atoms with E-state index in [4.69, 9.17) is 10.5 Å². The van der Waals surface area contributed by atoms with Gasteiger partial charge in [-0.15, -0.1) is 0 Å². The van der Waals surface area contributed by atoms with E-state index >= 15 is 0 Å². The lowest BCUT2D eigenvalue weighted by atomic mass is 9.98. The van der Waals surface area contributed by atoms with Crippen molar-refractivity contribution < 1.29 is 4.74 Å². The van der Waals surface area contributed by atoms with E-state index in [1.165, 1.54) is 5.56 Å². The first-order chi connectivity index (χ1) is 10.3. The number of hydrogen-bond donors (Lipinski definition) is 1. The minimum absolute atomic E-state index is 0.863. The van der Waals surface area contributed by atoms with Gasteiger partial charge in [-0.25, -0.2) is 0 Å². The molecule has 0 unspecified atom stereocenters. The molecule has 0 aliphatic carbocycles. The van der Waals surface area contributed by atoms with Crippen molar-refractivity contribution in [2.24, 2.45) is 0 Å². The molecule has 0 bridgehead atoms. The fourth-order valence-corrected chi connectivity index (χ4v) is 2.72. The van der Waals surface area contributed by atoms with E-state index in [-0.39, 0.29) is 0 Å². The van der Waals surface area contributed by atoms with Crippen LogP contribution in [0.2, 0.25) is 0 Å². The zero-order valence-corrected chi connectivity index (χ0v) is 12.2. The molecule has 2 N–H and O–H groups in total. The van der Waals surface area contributed by atoms with Gasteiger partial charge in [-0.1, -0.05) is 54.6 Å². The van der Waals surface area contributed by atoms with Crippen molar-refractivity contribution in [3.05, 3.63) is 71.8 Å². The Kier molecular flexibility index (Phi) is 3.78. The van der Waals surface area contributed by atoms with Gasteiger partial charge < -0.3 is 10.5 Å². The number of ether oxygens (including phenoxy) is 1. The molecule has 0 aliphatic rings. The molecule has 3 rings (SSSR count). The number of anilines is 1. The molecular formula is C19H19NO. The summed E-state index contributed by atoms with van der Waals surface area (Å²) in [6.45, 7) is 0. The van der Waals surface area contributed by atoms with E-state index in [1.807, 2.05) is 24.3 Å². The average Bonchev–Trinajstić information content (AvgIpc) is 2.55. The summed E-state index contributed by atoms with van der Waals surface area (Å²) in [6, 6.07) is 20.7. The molecule has 3 aromatic carbocycles. The Hall–Kier alpha value is -2.48. The van der Waals surface area contributed by atoms with Crippen LogP contribution < -0.4 is 10.5 Å². The summed E-state index contributed by atoms with van der Waals surface area (Å²) in [5, 5.41) is 2.14. The van der Waals surface area contributed by atoms with Crippen LogP contribution in [-0.2, 0) is 12.8 Å². The first kappa shape index (κ1) is 13.5. The molecule has 0 atom stereocenters. The van der Waals surface area contributed by atoms with Crippen molar-refractivity contribution >= 4 is 16.5 Å².